The first-order valence-electron chi connectivity index (χ1n) is 9.75. The smallest absolute Gasteiger partial charge is 0.346 e. The second-order valence-electron chi connectivity index (χ2n) is 6.90. The summed E-state index contributed by atoms with van der Waals surface area (Å²) in [5.74, 6) is -1.03. The van der Waals surface area contributed by atoms with E-state index in [4.69, 9.17) is 18.9 Å². The Bertz CT molecular complexity index is 988. The van der Waals surface area contributed by atoms with Gasteiger partial charge in [-0.3, -0.25) is 14.9 Å². The third-order valence-electron chi connectivity index (χ3n) is 4.95. The van der Waals surface area contributed by atoms with Gasteiger partial charge in [0.2, 0.25) is 6.10 Å². The molecule has 0 saturated carbocycles. The fourth-order valence-corrected chi connectivity index (χ4v) is 3.40. The van der Waals surface area contributed by atoms with Crippen molar-refractivity contribution in [3.63, 3.8) is 0 Å². The molecule has 31 heavy (non-hydrogen) atoms. The van der Waals surface area contributed by atoms with Crippen molar-refractivity contribution in [2.24, 2.45) is 0 Å². The van der Waals surface area contributed by atoms with Gasteiger partial charge in [0.15, 0.2) is 11.5 Å². The van der Waals surface area contributed by atoms with E-state index in [1.165, 1.54) is 6.07 Å². The van der Waals surface area contributed by atoms with Crippen molar-refractivity contribution >= 4 is 17.6 Å². The minimum absolute atomic E-state index is 0.179. The number of hydrogen-bond acceptors (Lipinski definition) is 8. The van der Waals surface area contributed by atoms with E-state index in [1.807, 2.05) is 0 Å². The van der Waals surface area contributed by atoms with Crippen molar-refractivity contribution in [2.75, 3.05) is 39.5 Å². The zero-order valence-electron chi connectivity index (χ0n) is 16.5. The first kappa shape index (κ1) is 20.6. The number of nitrogens with zero attached hydrogens (tertiary/aromatic N) is 2. The number of fused-ring (bicyclic) bond motifs is 1. The quantitative estimate of drug-likeness (QED) is 0.404. The summed E-state index contributed by atoms with van der Waals surface area (Å²) in [6, 6.07) is 10.9. The molecule has 4 rings (SSSR count). The molecule has 10 heteroatoms. The van der Waals surface area contributed by atoms with Gasteiger partial charge in [-0.25, -0.2) is 4.79 Å². The maximum Gasteiger partial charge on any atom is 0.346 e. The maximum absolute atomic E-state index is 13.1. The summed E-state index contributed by atoms with van der Waals surface area (Å²) in [7, 11) is 0. The van der Waals surface area contributed by atoms with Crippen LogP contribution in [-0.2, 0) is 14.3 Å². The number of hydrogen-bond donors (Lipinski definition) is 0. The van der Waals surface area contributed by atoms with E-state index in [-0.39, 0.29) is 30.3 Å². The molecular weight excluding hydrogens is 408 g/mol. The molecule has 0 bridgehead atoms. The number of rotatable bonds is 5. The van der Waals surface area contributed by atoms with Crippen LogP contribution < -0.4 is 9.47 Å². The number of amides is 1. The van der Waals surface area contributed by atoms with Crippen LogP contribution in [0.25, 0.3) is 0 Å². The number of esters is 1. The van der Waals surface area contributed by atoms with Crippen molar-refractivity contribution in [3.8, 4) is 11.5 Å². The van der Waals surface area contributed by atoms with E-state index in [1.54, 1.807) is 35.2 Å². The summed E-state index contributed by atoms with van der Waals surface area (Å²) in [6.45, 7) is 2.00. The van der Waals surface area contributed by atoms with Crippen LogP contribution in [0.2, 0.25) is 0 Å². The van der Waals surface area contributed by atoms with Gasteiger partial charge in [0.05, 0.1) is 24.2 Å². The van der Waals surface area contributed by atoms with Gasteiger partial charge in [-0.2, -0.15) is 0 Å². The Hall–Kier alpha value is -3.66. The van der Waals surface area contributed by atoms with Gasteiger partial charge < -0.3 is 23.8 Å². The summed E-state index contributed by atoms with van der Waals surface area (Å²) in [6.07, 6.45) is -1.25. The molecule has 0 aromatic heterocycles. The highest BCUT2D eigenvalue weighted by Gasteiger charge is 2.34. The van der Waals surface area contributed by atoms with Crippen molar-refractivity contribution < 1.29 is 33.5 Å². The Morgan fingerprint density at radius 2 is 1.65 bits per heavy atom. The molecule has 0 spiro atoms. The second-order valence-corrected chi connectivity index (χ2v) is 6.90. The van der Waals surface area contributed by atoms with Crippen LogP contribution in [-0.4, -0.2) is 61.2 Å². The minimum atomic E-state index is -1.25. The Morgan fingerprint density at radius 1 is 1.00 bits per heavy atom. The van der Waals surface area contributed by atoms with Crippen LogP contribution in [0.15, 0.2) is 42.5 Å². The van der Waals surface area contributed by atoms with E-state index in [9.17, 15) is 19.7 Å². The Kier molecular flexibility index (Phi) is 5.99. The normalized spacial score (nSPS) is 16.3. The van der Waals surface area contributed by atoms with Crippen molar-refractivity contribution in [2.45, 2.75) is 6.10 Å². The highest BCUT2D eigenvalue weighted by Crippen LogP contribution is 2.37. The van der Waals surface area contributed by atoms with Gasteiger partial charge in [0, 0.05) is 24.7 Å². The van der Waals surface area contributed by atoms with Gasteiger partial charge in [-0.05, 0) is 0 Å². The fourth-order valence-electron chi connectivity index (χ4n) is 3.40. The van der Waals surface area contributed by atoms with E-state index in [0.29, 0.717) is 31.9 Å². The fraction of sp³-hybridized carbons (Fsp3) is 0.333. The first-order chi connectivity index (χ1) is 15.0. The summed E-state index contributed by atoms with van der Waals surface area (Å²) >= 11 is 0. The molecule has 0 N–H and O–H groups in total. The molecule has 1 atom stereocenters. The summed E-state index contributed by atoms with van der Waals surface area (Å²) in [5.41, 5.74) is -0.336. The van der Waals surface area contributed by atoms with Crippen molar-refractivity contribution in [1.82, 2.24) is 4.90 Å². The standard InChI is InChI=1S/C21H20N2O8/c24-20(22-6-8-28-9-7-22)19(14-4-2-1-3-5-14)31-21(25)15-12-17-18(30-11-10-29-17)13-16(15)23(26)27/h1-5,12-13,19H,6-11H2/t19-/m0/s1. The van der Waals surface area contributed by atoms with Crippen LogP contribution in [0.1, 0.15) is 22.0 Å². The summed E-state index contributed by atoms with van der Waals surface area (Å²) < 4.78 is 21.6. The molecule has 1 amide bonds. The molecule has 2 aromatic rings. The number of morpholine rings is 1. The molecule has 2 aliphatic rings. The Labute approximate surface area is 177 Å². The third kappa shape index (κ3) is 4.43. The van der Waals surface area contributed by atoms with Crippen molar-refractivity contribution in [1.29, 1.82) is 0 Å². The van der Waals surface area contributed by atoms with E-state index in [2.05, 4.69) is 0 Å². The summed E-state index contributed by atoms with van der Waals surface area (Å²) in [4.78, 5) is 38.6. The number of nitro groups is 1. The van der Waals surface area contributed by atoms with Gasteiger partial charge >= 0.3 is 5.97 Å². The monoisotopic (exact) mass is 428 g/mol. The topological polar surface area (TPSA) is 117 Å². The van der Waals surface area contributed by atoms with E-state index >= 15 is 0 Å². The molecule has 1 fully saturated rings. The molecule has 2 aromatic carbocycles. The van der Waals surface area contributed by atoms with Crippen LogP contribution in [0, 0.1) is 10.1 Å². The molecule has 162 valence electrons. The highest BCUT2D eigenvalue weighted by atomic mass is 16.6. The Morgan fingerprint density at radius 3 is 2.29 bits per heavy atom. The van der Waals surface area contributed by atoms with Crippen molar-refractivity contribution in [3.05, 3.63) is 63.7 Å². The largest absolute Gasteiger partial charge is 0.486 e. The van der Waals surface area contributed by atoms with Gasteiger partial charge in [-0.15, -0.1) is 0 Å². The molecule has 2 aliphatic heterocycles. The minimum Gasteiger partial charge on any atom is -0.486 e. The third-order valence-corrected chi connectivity index (χ3v) is 4.95. The number of nitro benzene ring substituents is 1. The molecule has 0 aliphatic carbocycles. The predicted octanol–water partition coefficient (Wildman–Crippen LogP) is 2.12. The zero-order valence-corrected chi connectivity index (χ0v) is 16.5. The van der Waals surface area contributed by atoms with Gasteiger partial charge in [-0.1, -0.05) is 30.3 Å². The van der Waals surface area contributed by atoms with Crippen LogP contribution in [0.3, 0.4) is 0 Å². The molecule has 10 nitrogen and oxygen atoms in total. The lowest BCUT2D eigenvalue weighted by Gasteiger charge is -2.30. The number of ether oxygens (including phenoxy) is 4. The average Bonchev–Trinajstić information content (AvgIpc) is 2.82. The van der Waals surface area contributed by atoms with E-state index < -0.39 is 28.6 Å². The van der Waals surface area contributed by atoms with Crippen LogP contribution >= 0.6 is 0 Å². The number of carbonyl (C=O) groups is 2. The lowest BCUT2D eigenvalue weighted by atomic mass is 10.1. The van der Waals surface area contributed by atoms with Crippen LogP contribution in [0.5, 0.6) is 11.5 Å². The summed E-state index contributed by atoms with van der Waals surface area (Å²) in [5, 5.41) is 11.6. The van der Waals surface area contributed by atoms with Crippen LogP contribution in [0.4, 0.5) is 5.69 Å². The lowest BCUT2D eigenvalue weighted by Crippen LogP contribution is -2.44. The lowest BCUT2D eigenvalue weighted by molar-refractivity contribution is -0.385. The average molecular weight is 428 g/mol. The molecule has 0 radical (unpaired) electrons. The predicted molar refractivity (Wildman–Crippen MR) is 106 cm³/mol. The number of benzene rings is 2. The first-order valence-corrected chi connectivity index (χ1v) is 9.75. The number of carbonyl (C=O) groups excluding carboxylic acids is 2. The SMILES string of the molecule is O=C(O[C@H](C(=O)N1CCOCC1)c1ccccc1)c1cc2c(cc1[N+](=O)[O-])OCCO2. The zero-order chi connectivity index (χ0) is 21.8. The van der Waals surface area contributed by atoms with E-state index in [0.717, 1.165) is 6.07 Å². The molecule has 2 heterocycles. The maximum atomic E-state index is 13.1. The molecular formula is C21H20N2O8. The molecule has 0 unspecified atom stereocenters. The Balaban J connectivity index is 1.66. The van der Waals surface area contributed by atoms with Gasteiger partial charge in [0.25, 0.3) is 11.6 Å². The molecule has 1 saturated heterocycles. The second kappa shape index (κ2) is 9.00. The highest BCUT2D eigenvalue weighted by molar-refractivity contribution is 5.97. The van der Waals surface area contributed by atoms with Gasteiger partial charge in [0.1, 0.15) is 18.8 Å².